The Bertz CT molecular complexity index is 304. The van der Waals surface area contributed by atoms with Crippen molar-refractivity contribution in [1.82, 2.24) is 4.98 Å². The molecule has 0 radical (unpaired) electrons. The van der Waals surface area contributed by atoms with Gasteiger partial charge in [0.2, 0.25) is 0 Å². The number of thiazole rings is 1. The van der Waals surface area contributed by atoms with E-state index in [4.69, 9.17) is 5.73 Å². The normalized spacial score (nSPS) is 10.7. The number of aromatic nitrogens is 1. The van der Waals surface area contributed by atoms with E-state index in [1.807, 2.05) is 13.8 Å². The van der Waals surface area contributed by atoms with Gasteiger partial charge in [0.1, 0.15) is 5.69 Å². The van der Waals surface area contributed by atoms with E-state index in [9.17, 15) is 4.79 Å². The number of carbonyl (C=O) groups excluding carboxylic acids is 1. The Morgan fingerprint density at radius 3 is 2.50 bits per heavy atom. The fourth-order valence-corrected chi connectivity index (χ4v) is 1.88. The molecular formula is C8H12N2OS. The lowest BCUT2D eigenvalue weighted by atomic mass is 10.1. The maximum absolute atomic E-state index is 11.1. The molecule has 0 saturated heterocycles. The van der Waals surface area contributed by atoms with Crippen molar-refractivity contribution >= 4 is 22.3 Å². The first-order valence-electron chi connectivity index (χ1n) is 3.79. The minimum atomic E-state index is -0.00773. The van der Waals surface area contributed by atoms with Crippen LogP contribution >= 0.6 is 11.3 Å². The van der Waals surface area contributed by atoms with Gasteiger partial charge in [-0.2, -0.15) is 0 Å². The van der Waals surface area contributed by atoms with E-state index in [-0.39, 0.29) is 5.78 Å². The first kappa shape index (κ1) is 9.19. The molecule has 1 heterocycles. The minimum Gasteiger partial charge on any atom is -0.375 e. The third kappa shape index (κ3) is 1.64. The largest absolute Gasteiger partial charge is 0.375 e. The van der Waals surface area contributed by atoms with Gasteiger partial charge in [0.05, 0.1) is 0 Å². The molecule has 0 fully saturated rings. The van der Waals surface area contributed by atoms with E-state index >= 15 is 0 Å². The van der Waals surface area contributed by atoms with E-state index < -0.39 is 0 Å². The Hall–Kier alpha value is -0.900. The molecule has 1 aromatic heterocycles. The van der Waals surface area contributed by atoms with E-state index in [1.165, 1.54) is 18.3 Å². The molecule has 0 atom stereocenters. The smallest absolute Gasteiger partial charge is 0.180 e. The zero-order chi connectivity index (χ0) is 9.30. The van der Waals surface area contributed by atoms with Gasteiger partial charge in [-0.25, -0.2) is 4.98 Å². The van der Waals surface area contributed by atoms with Crippen LogP contribution in [0.15, 0.2) is 0 Å². The number of rotatable bonds is 2. The summed E-state index contributed by atoms with van der Waals surface area (Å²) in [4.78, 5) is 16.0. The van der Waals surface area contributed by atoms with Gasteiger partial charge in [0.15, 0.2) is 10.9 Å². The summed E-state index contributed by atoms with van der Waals surface area (Å²) in [6.45, 7) is 5.57. The molecule has 66 valence electrons. The molecule has 0 aromatic carbocycles. The molecule has 0 unspecified atom stereocenters. The molecule has 0 bridgehead atoms. The van der Waals surface area contributed by atoms with Gasteiger partial charge in [0, 0.05) is 11.8 Å². The lowest BCUT2D eigenvalue weighted by Crippen LogP contribution is -1.98. The van der Waals surface area contributed by atoms with Crippen molar-refractivity contribution < 1.29 is 4.79 Å². The molecule has 0 amide bonds. The van der Waals surface area contributed by atoms with Crippen LogP contribution in [-0.2, 0) is 0 Å². The average Bonchev–Trinajstić information content (AvgIpc) is 2.31. The number of nitrogens with two attached hydrogens (primary N) is 1. The van der Waals surface area contributed by atoms with Crippen LogP contribution in [0.2, 0.25) is 0 Å². The minimum absolute atomic E-state index is 0.00773. The Labute approximate surface area is 75.6 Å². The second-order valence-corrected chi connectivity index (χ2v) is 4.04. The number of hydrogen-bond acceptors (Lipinski definition) is 4. The Kier molecular flexibility index (Phi) is 2.47. The maximum atomic E-state index is 11.1. The monoisotopic (exact) mass is 184 g/mol. The van der Waals surface area contributed by atoms with Crippen molar-refractivity contribution in [2.75, 3.05) is 5.73 Å². The van der Waals surface area contributed by atoms with Crippen LogP contribution in [0.3, 0.4) is 0 Å². The Morgan fingerprint density at radius 1 is 1.58 bits per heavy atom. The maximum Gasteiger partial charge on any atom is 0.180 e. The molecule has 12 heavy (non-hydrogen) atoms. The van der Waals surface area contributed by atoms with Crippen molar-refractivity contribution in [2.45, 2.75) is 26.7 Å². The second-order valence-electron chi connectivity index (χ2n) is 2.98. The van der Waals surface area contributed by atoms with Crippen molar-refractivity contribution in [3.63, 3.8) is 0 Å². The number of carbonyl (C=O) groups is 1. The van der Waals surface area contributed by atoms with Crippen LogP contribution < -0.4 is 5.73 Å². The highest BCUT2D eigenvalue weighted by Crippen LogP contribution is 2.27. The van der Waals surface area contributed by atoms with Crippen LogP contribution in [-0.4, -0.2) is 10.8 Å². The van der Waals surface area contributed by atoms with Crippen LogP contribution in [0.4, 0.5) is 5.13 Å². The van der Waals surface area contributed by atoms with E-state index in [0.717, 1.165) is 4.88 Å². The highest BCUT2D eigenvalue weighted by atomic mass is 32.1. The van der Waals surface area contributed by atoms with Gasteiger partial charge >= 0.3 is 0 Å². The summed E-state index contributed by atoms with van der Waals surface area (Å²) in [7, 11) is 0. The SMILES string of the molecule is CC(=O)c1nc(N)sc1C(C)C. The summed E-state index contributed by atoms with van der Waals surface area (Å²) >= 11 is 1.40. The molecule has 1 aromatic rings. The number of anilines is 1. The fourth-order valence-electron chi connectivity index (χ4n) is 0.993. The molecule has 0 aliphatic carbocycles. The molecule has 1 rings (SSSR count). The molecule has 0 aliphatic rings. The van der Waals surface area contributed by atoms with Gasteiger partial charge in [-0.15, -0.1) is 11.3 Å². The lowest BCUT2D eigenvalue weighted by molar-refractivity contribution is 0.101. The summed E-state index contributed by atoms with van der Waals surface area (Å²) in [6.07, 6.45) is 0. The van der Waals surface area contributed by atoms with Gasteiger partial charge < -0.3 is 5.73 Å². The topological polar surface area (TPSA) is 56.0 Å². The lowest BCUT2D eigenvalue weighted by Gasteiger charge is -2.00. The zero-order valence-corrected chi connectivity index (χ0v) is 8.23. The quantitative estimate of drug-likeness (QED) is 0.716. The molecule has 4 heteroatoms. The number of hydrogen-bond donors (Lipinski definition) is 1. The average molecular weight is 184 g/mol. The van der Waals surface area contributed by atoms with Crippen LogP contribution in [0.25, 0.3) is 0 Å². The third-order valence-corrected chi connectivity index (χ3v) is 2.71. The summed E-state index contributed by atoms with van der Waals surface area (Å²) in [5, 5.41) is 0.476. The van der Waals surface area contributed by atoms with Gasteiger partial charge in [-0.05, 0) is 5.92 Å². The number of nitrogens with zero attached hydrogens (tertiary/aromatic N) is 1. The first-order valence-corrected chi connectivity index (χ1v) is 4.61. The first-order chi connectivity index (χ1) is 5.52. The molecule has 2 N–H and O–H groups in total. The summed E-state index contributed by atoms with van der Waals surface area (Å²) in [6, 6.07) is 0. The summed E-state index contributed by atoms with van der Waals surface area (Å²) in [5.74, 6) is 0.311. The van der Waals surface area contributed by atoms with Crippen LogP contribution in [0, 0.1) is 0 Å². The van der Waals surface area contributed by atoms with Crippen molar-refractivity contribution in [2.24, 2.45) is 0 Å². The van der Waals surface area contributed by atoms with E-state index in [0.29, 0.717) is 16.7 Å². The molecule has 0 aliphatic heterocycles. The van der Waals surface area contributed by atoms with Gasteiger partial charge in [0.25, 0.3) is 0 Å². The fraction of sp³-hybridized carbons (Fsp3) is 0.500. The summed E-state index contributed by atoms with van der Waals surface area (Å²) in [5.41, 5.74) is 6.04. The van der Waals surface area contributed by atoms with Crippen molar-refractivity contribution in [1.29, 1.82) is 0 Å². The molecular weight excluding hydrogens is 172 g/mol. The predicted octanol–water partition coefficient (Wildman–Crippen LogP) is 2.05. The third-order valence-electron chi connectivity index (χ3n) is 1.53. The number of Topliss-reactive ketones (excluding diaryl/α,β-unsaturated/α-hetero) is 1. The van der Waals surface area contributed by atoms with E-state index in [1.54, 1.807) is 0 Å². The Balaban J connectivity index is 3.17. The second kappa shape index (κ2) is 3.23. The highest BCUT2D eigenvalue weighted by molar-refractivity contribution is 7.15. The van der Waals surface area contributed by atoms with E-state index in [2.05, 4.69) is 4.98 Å². The predicted molar refractivity (Wildman–Crippen MR) is 50.6 cm³/mol. The van der Waals surface area contributed by atoms with Crippen LogP contribution in [0.5, 0.6) is 0 Å². The molecule has 3 nitrogen and oxygen atoms in total. The molecule has 0 spiro atoms. The number of nitrogen functional groups attached to an aromatic ring is 1. The van der Waals surface area contributed by atoms with Crippen molar-refractivity contribution in [3.05, 3.63) is 10.6 Å². The standard InChI is InChI=1S/C8H12N2OS/c1-4(2)7-6(5(3)11)10-8(9)12-7/h4H,1-3H3,(H2,9,10). The summed E-state index contributed by atoms with van der Waals surface area (Å²) < 4.78 is 0. The Morgan fingerprint density at radius 2 is 2.17 bits per heavy atom. The molecule has 0 saturated carbocycles. The highest BCUT2D eigenvalue weighted by Gasteiger charge is 2.15. The zero-order valence-electron chi connectivity index (χ0n) is 7.42. The number of ketones is 1. The van der Waals surface area contributed by atoms with Gasteiger partial charge in [-0.3, -0.25) is 4.79 Å². The van der Waals surface area contributed by atoms with Crippen molar-refractivity contribution in [3.8, 4) is 0 Å². The van der Waals surface area contributed by atoms with Crippen LogP contribution in [0.1, 0.15) is 42.1 Å². The van der Waals surface area contributed by atoms with Gasteiger partial charge in [-0.1, -0.05) is 13.8 Å².